The van der Waals surface area contributed by atoms with Crippen LogP contribution in [0.4, 0.5) is 4.79 Å². The van der Waals surface area contributed by atoms with E-state index in [1.54, 1.807) is 18.2 Å². The van der Waals surface area contributed by atoms with Gasteiger partial charge in [0.1, 0.15) is 5.57 Å². The summed E-state index contributed by atoms with van der Waals surface area (Å²) in [6.45, 7) is 2.34. The van der Waals surface area contributed by atoms with Crippen LogP contribution in [0.3, 0.4) is 0 Å². The van der Waals surface area contributed by atoms with Crippen LogP contribution < -0.4 is 4.74 Å². The highest BCUT2D eigenvalue weighted by molar-refractivity contribution is 6.31. The van der Waals surface area contributed by atoms with Gasteiger partial charge in [0.2, 0.25) is 0 Å². The number of barbiturate groups is 1. The molecule has 1 saturated heterocycles. The zero-order valence-corrected chi connectivity index (χ0v) is 17.7. The van der Waals surface area contributed by atoms with Crippen LogP contribution in [0.1, 0.15) is 30.9 Å². The van der Waals surface area contributed by atoms with Gasteiger partial charge in [-0.15, -0.1) is 0 Å². The largest absolute Gasteiger partial charge is 0.504 e. The molecule has 0 spiro atoms. The molecule has 1 aliphatic rings. The summed E-state index contributed by atoms with van der Waals surface area (Å²) >= 11 is 0. The quantitative estimate of drug-likeness (QED) is 0.519. The van der Waals surface area contributed by atoms with Crippen LogP contribution in [-0.2, 0) is 16.0 Å². The second-order valence-electron chi connectivity index (χ2n) is 7.24. The lowest BCUT2D eigenvalue weighted by Gasteiger charge is -2.34. The van der Waals surface area contributed by atoms with Crippen LogP contribution in [0.5, 0.6) is 11.5 Å². The predicted molar refractivity (Wildman–Crippen MR) is 117 cm³/mol. The van der Waals surface area contributed by atoms with Gasteiger partial charge in [0.15, 0.2) is 11.5 Å². The summed E-state index contributed by atoms with van der Waals surface area (Å²) in [4.78, 5) is 41.3. The summed E-state index contributed by atoms with van der Waals surface area (Å²) in [5, 5.41) is 10.4. The molecule has 7 heteroatoms. The van der Waals surface area contributed by atoms with Gasteiger partial charge in [-0.2, -0.15) is 0 Å². The van der Waals surface area contributed by atoms with E-state index < -0.39 is 17.8 Å². The molecule has 0 saturated carbocycles. The van der Waals surface area contributed by atoms with Crippen molar-refractivity contribution in [1.82, 2.24) is 9.80 Å². The molecule has 0 aromatic heterocycles. The van der Waals surface area contributed by atoms with Crippen molar-refractivity contribution < 1.29 is 24.2 Å². The molecular formula is C24H26N2O5. The minimum absolute atomic E-state index is 0.152. The smallest absolute Gasteiger partial charge is 0.333 e. The molecule has 1 N–H and O–H groups in total. The fourth-order valence-corrected chi connectivity index (χ4v) is 3.40. The number of phenols is 1. The van der Waals surface area contributed by atoms with Crippen molar-refractivity contribution in [1.29, 1.82) is 0 Å². The molecule has 2 aromatic carbocycles. The van der Waals surface area contributed by atoms with Crippen LogP contribution in [0.2, 0.25) is 0 Å². The van der Waals surface area contributed by atoms with Gasteiger partial charge in [0.25, 0.3) is 11.8 Å². The van der Waals surface area contributed by atoms with Crippen molar-refractivity contribution in [2.24, 2.45) is 0 Å². The van der Waals surface area contributed by atoms with Crippen LogP contribution in [0.25, 0.3) is 6.08 Å². The van der Waals surface area contributed by atoms with Crippen molar-refractivity contribution in [3.8, 4) is 11.5 Å². The summed E-state index contributed by atoms with van der Waals surface area (Å²) in [5.74, 6) is -1.27. The maximum atomic E-state index is 13.1. The Hall–Kier alpha value is -3.61. The minimum Gasteiger partial charge on any atom is -0.504 e. The molecule has 3 rings (SSSR count). The number of carbonyl (C=O) groups excluding carboxylic acids is 3. The lowest BCUT2D eigenvalue weighted by molar-refractivity contribution is -0.135. The number of rotatable bonds is 8. The zero-order valence-electron chi connectivity index (χ0n) is 17.7. The van der Waals surface area contributed by atoms with E-state index in [4.69, 9.17) is 4.74 Å². The van der Waals surface area contributed by atoms with Crippen molar-refractivity contribution >= 4 is 23.9 Å². The van der Waals surface area contributed by atoms with Crippen molar-refractivity contribution in [2.75, 3.05) is 20.2 Å². The lowest BCUT2D eigenvalue weighted by atomic mass is 10.0. The predicted octanol–water partition coefficient (Wildman–Crippen LogP) is 3.62. The Morgan fingerprint density at radius 2 is 1.61 bits per heavy atom. The number of carbonyl (C=O) groups is 3. The number of unbranched alkanes of at least 4 members (excludes halogenated alkanes) is 1. The Kier molecular flexibility index (Phi) is 7.07. The molecule has 0 aliphatic carbocycles. The van der Waals surface area contributed by atoms with Crippen molar-refractivity contribution in [2.45, 2.75) is 26.2 Å². The number of urea groups is 1. The number of imide groups is 2. The molecule has 0 atom stereocenters. The first kappa shape index (κ1) is 22.1. The number of hydrogen-bond acceptors (Lipinski definition) is 5. The van der Waals surface area contributed by atoms with Gasteiger partial charge in [0.05, 0.1) is 7.11 Å². The van der Waals surface area contributed by atoms with Crippen LogP contribution in [-0.4, -0.2) is 53.0 Å². The molecule has 7 nitrogen and oxygen atoms in total. The first-order valence-electron chi connectivity index (χ1n) is 10.3. The molecule has 1 heterocycles. The third-order valence-electron chi connectivity index (χ3n) is 5.17. The Balaban J connectivity index is 1.96. The Bertz CT molecular complexity index is 1000. The second-order valence-corrected chi connectivity index (χ2v) is 7.24. The highest BCUT2D eigenvalue weighted by Crippen LogP contribution is 2.32. The molecule has 0 radical (unpaired) electrons. The monoisotopic (exact) mass is 422 g/mol. The molecule has 0 bridgehead atoms. The van der Waals surface area contributed by atoms with Gasteiger partial charge < -0.3 is 9.84 Å². The molecule has 1 aliphatic heterocycles. The second kappa shape index (κ2) is 9.93. The number of methoxy groups -OCH3 is 1. The minimum atomic E-state index is -0.666. The van der Waals surface area contributed by atoms with Crippen LogP contribution in [0, 0.1) is 0 Å². The van der Waals surface area contributed by atoms with Crippen LogP contribution >= 0.6 is 0 Å². The van der Waals surface area contributed by atoms with E-state index in [1.165, 1.54) is 13.2 Å². The number of para-hydroxylation sites is 1. The molecule has 4 amide bonds. The molecular weight excluding hydrogens is 396 g/mol. The molecule has 162 valence electrons. The van der Waals surface area contributed by atoms with Crippen molar-refractivity contribution in [3.63, 3.8) is 0 Å². The number of phenolic OH excluding ortho intramolecular Hbond substituents is 1. The average molecular weight is 422 g/mol. The van der Waals surface area contributed by atoms with E-state index in [2.05, 4.69) is 0 Å². The number of amides is 4. The Morgan fingerprint density at radius 3 is 2.26 bits per heavy atom. The van der Waals surface area contributed by atoms with E-state index in [1.807, 2.05) is 37.3 Å². The van der Waals surface area contributed by atoms with E-state index in [0.717, 1.165) is 21.8 Å². The molecule has 1 fully saturated rings. The topological polar surface area (TPSA) is 87.2 Å². The first-order valence-corrected chi connectivity index (χ1v) is 10.3. The summed E-state index contributed by atoms with van der Waals surface area (Å²) < 4.78 is 5.10. The summed E-state index contributed by atoms with van der Waals surface area (Å²) in [6, 6.07) is 13.7. The lowest BCUT2D eigenvalue weighted by Crippen LogP contribution is -2.56. The van der Waals surface area contributed by atoms with Gasteiger partial charge in [0, 0.05) is 18.7 Å². The molecule has 2 aromatic rings. The Morgan fingerprint density at radius 1 is 0.935 bits per heavy atom. The van der Waals surface area contributed by atoms with E-state index >= 15 is 0 Å². The highest BCUT2D eigenvalue weighted by Gasteiger charge is 2.41. The fourth-order valence-electron chi connectivity index (χ4n) is 3.40. The van der Waals surface area contributed by atoms with Gasteiger partial charge in [-0.3, -0.25) is 19.4 Å². The number of ether oxygens (including phenoxy) is 1. The maximum absolute atomic E-state index is 13.1. The SMILES string of the molecule is CCCCN1C(=O)C(=Cc2cccc(OC)c2O)C(=O)N(CCc2ccccc2)C1=O. The number of benzene rings is 2. The van der Waals surface area contributed by atoms with Crippen molar-refractivity contribution in [3.05, 3.63) is 65.2 Å². The van der Waals surface area contributed by atoms with Gasteiger partial charge in [-0.25, -0.2) is 4.79 Å². The number of aromatic hydroxyl groups is 1. The third-order valence-corrected chi connectivity index (χ3v) is 5.17. The van der Waals surface area contributed by atoms with Crippen LogP contribution in [0.15, 0.2) is 54.1 Å². The van der Waals surface area contributed by atoms with Gasteiger partial charge >= 0.3 is 6.03 Å². The summed E-state index contributed by atoms with van der Waals surface area (Å²) in [5.41, 5.74) is 1.09. The normalized spacial score (nSPS) is 15.7. The standard InChI is InChI=1S/C24H26N2O5/c1-3-4-14-25-22(28)19(16-18-11-8-12-20(31-2)21(18)27)23(29)26(24(25)30)15-13-17-9-6-5-7-10-17/h5-12,16,27H,3-4,13-15H2,1-2H3. The summed E-state index contributed by atoms with van der Waals surface area (Å²) in [7, 11) is 1.42. The molecule has 0 unspecified atom stereocenters. The average Bonchev–Trinajstić information content (AvgIpc) is 2.78. The van der Waals surface area contributed by atoms with E-state index in [-0.39, 0.29) is 35.7 Å². The van der Waals surface area contributed by atoms with E-state index in [9.17, 15) is 19.5 Å². The number of nitrogens with zero attached hydrogens (tertiary/aromatic N) is 2. The Labute approximate surface area is 181 Å². The maximum Gasteiger partial charge on any atom is 0.333 e. The van der Waals surface area contributed by atoms with Gasteiger partial charge in [-0.1, -0.05) is 55.8 Å². The zero-order chi connectivity index (χ0) is 22.4. The molecule has 31 heavy (non-hydrogen) atoms. The first-order chi connectivity index (χ1) is 15.0. The van der Waals surface area contributed by atoms with E-state index in [0.29, 0.717) is 12.8 Å². The highest BCUT2D eigenvalue weighted by atomic mass is 16.5. The van der Waals surface area contributed by atoms with Gasteiger partial charge in [-0.05, 0) is 30.5 Å². The third kappa shape index (κ3) is 4.77. The summed E-state index contributed by atoms with van der Waals surface area (Å²) in [6.07, 6.45) is 3.23. The fraction of sp³-hybridized carbons (Fsp3) is 0.292. The number of hydrogen-bond donors (Lipinski definition) is 1.